The number of alkyl halides is 1. The number of phenols is 2. The van der Waals surface area contributed by atoms with E-state index in [1.165, 1.54) is 24.1 Å². The van der Waals surface area contributed by atoms with Crippen LogP contribution in [0, 0.1) is 29.6 Å². The van der Waals surface area contributed by atoms with Crippen molar-refractivity contribution >= 4 is 126 Å². The van der Waals surface area contributed by atoms with Gasteiger partial charge in [0.15, 0.2) is 40.6 Å². The summed E-state index contributed by atoms with van der Waals surface area (Å²) in [4.78, 5) is 126. The molecule has 19 rings (SSSR count). The smallest absolute Gasteiger partial charge is 0.323 e. The number of nitriles is 2. The van der Waals surface area contributed by atoms with Crippen LogP contribution >= 0.6 is 22.9 Å². The van der Waals surface area contributed by atoms with Crippen LogP contribution in [-0.4, -0.2) is 350 Å². The minimum absolute atomic E-state index is 0.0237. The van der Waals surface area contributed by atoms with Crippen molar-refractivity contribution in [1.29, 1.82) is 10.5 Å². The molecule has 0 radical (unpaired) electrons. The molecule has 12 aromatic rings. The van der Waals surface area contributed by atoms with Crippen LogP contribution in [0.5, 0.6) is 11.5 Å². The molecule has 7 aliphatic rings. The number of pyridine rings is 1. The van der Waals surface area contributed by atoms with Crippen molar-refractivity contribution in [3.05, 3.63) is 173 Å². The largest absolute Gasteiger partial charge is 0.508 e. The molecule has 7 aliphatic heterocycles. The summed E-state index contributed by atoms with van der Waals surface area (Å²) in [5.41, 5.74) is 15.2. The van der Waals surface area contributed by atoms with Gasteiger partial charge in [-0.2, -0.15) is 30.6 Å². The standard InChI is InChI=1S/C32H41N9O4.C23H30N8O3S.C19H21N5O2.C16H17N5O2.C9H8ClN3O/c1-38(2)27-11-13-39(14-12-27)29(42)24-5-9-26(10-6-24)34-32(43)33-25-7-3-23(4-8-25)28-35-30(40-15-19-44-20-16-40)37-31(36-28)41-17-21-45-22-18-41;1-14-17(13-29-3-5-31(6-4-29)22(33)15(2)32)35-19-18(14)27-20(16-11-25-23(24)26-12-16)28-21(19)30-7-9-34-10-8-30;1-23(2)7-6-17-16(13-20)19(24-8-10-26-11-9-24)22-18(21-17)14-4-3-5-15(25)12-14;1-20-15-13(10-17-20)16(21-5-7-23-8-6-21)19-14(18-15)11-3-2-4-12(22)9-11;1-6(10)9(14)13-8-3-2-7(4-11)12-5-8/h3-10,27H,11-22H2,1-2H3,(H2,33,34,43);11-12,15,32H,3-10,13H2,1-2H3,(H2,24,25,26);3-7,12,25H,8-11H2,1-2H3;2-4,9-10,22H,5-8H2,1H3;2-3,5-6H,1H3,(H,13,14)/b;;7-6+;;/t;15-;;;/m.0.../s1. The summed E-state index contributed by atoms with van der Waals surface area (Å²) in [6, 6.07) is 35.6. The number of aromatic nitrogens is 14. The Kier molecular flexibility index (Phi) is 35.3. The number of aliphatic hydroxyl groups is 1. The number of halogens is 1. The predicted molar refractivity (Wildman–Crippen MR) is 546 cm³/mol. The van der Waals surface area contributed by atoms with Crippen molar-refractivity contribution in [3.8, 4) is 69.2 Å². The van der Waals surface area contributed by atoms with Crippen LogP contribution in [0.25, 0.3) is 72.9 Å². The number of nitrogen functional groups attached to an aromatic ring is 1. The Hall–Kier alpha value is -14.6. The molecule has 0 bridgehead atoms. The zero-order chi connectivity index (χ0) is 101. The fourth-order valence-electron chi connectivity index (χ4n) is 16.5. The molecule has 748 valence electrons. The summed E-state index contributed by atoms with van der Waals surface area (Å²) < 4.78 is 30.3. The van der Waals surface area contributed by atoms with Gasteiger partial charge in [-0.3, -0.25) is 24.0 Å². The number of likely N-dealkylation sites (tertiary alicyclic amines) is 1. The lowest BCUT2D eigenvalue weighted by atomic mass is 10.0. The number of morpholine rings is 5. The van der Waals surface area contributed by atoms with E-state index in [2.05, 4.69) is 107 Å². The minimum Gasteiger partial charge on any atom is -0.508 e. The Morgan fingerprint density at radius 2 is 1.05 bits per heavy atom. The number of hydrogen-bond acceptors (Lipinski definition) is 37. The van der Waals surface area contributed by atoms with Gasteiger partial charge in [-0.25, -0.2) is 49.7 Å². The monoisotopic (exact) mass is 1980 g/mol. The van der Waals surface area contributed by atoms with Gasteiger partial charge in [0.1, 0.15) is 52.2 Å². The molecule has 8 aromatic heterocycles. The number of anilines is 9. The summed E-state index contributed by atoms with van der Waals surface area (Å²) in [5.74, 6) is 5.94. The number of carbonyl (C=O) groups excluding carboxylic acids is 4. The lowest BCUT2D eigenvalue weighted by Gasteiger charge is -2.35. The second-order valence-electron chi connectivity index (χ2n) is 34.9. The van der Waals surface area contributed by atoms with Crippen molar-refractivity contribution in [2.75, 3.05) is 245 Å². The maximum Gasteiger partial charge on any atom is 0.323 e. The summed E-state index contributed by atoms with van der Waals surface area (Å²) in [6.45, 7) is 24.1. The van der Waals surface area contributed by atoms with Crippen LogP contribution in [0.1, 0.15) is 64.4 Å². The van der Waals surface area contributed by atoms with E-state index < -0.39 is 11.5 Å². The third-order valence-electron chi connectivity index (χ3n) is 24.4. The molecule has 4 aromatic carbocycles. The first kappa shape index (κ1) is 103. The first-order chi connectivity index (χ1) is 69.3. The number of ether oxygens (including phenoxy) is 5. The normalized spacial score (nSPS) is 16.3. The summed E-state index contributed by atoms with van der Waals surface area (Å²) >= 11 is 7.29. The van der Waals surface area contributed by atoms with Crippen molar-refractivity contribution in [2.24, 2.45) is 7.05 Å². The quantitative estimate of drug-likeness (QED) is 0.0349. The van der Waals surface area contributed by atoms with Gasteiger partial charge in [-0.05, 0) is 144 Å². The number of carbonyl (C=O) groups is 4. The number of nitrogens with zero attached hydrogens (tertiary/aromatic N) is 26. The Morgan fingerprint density at radius 1 is 0.545 bits per heavy atom. The zero-order valence-corrected chi connectivity index (χ0v) is 82.7. The second-order valence-corrected chi connectivity index (χ2v) is 36.7. The molecule has 7 saturated heterocycles. The molecule has 2 atom stereocenters. The predicted octanol–water partition coefficient (Wildman–Crippen LogP) is 9.10. The molecule has 1 unspecified atom stereocenters. The molecule has 0 saturated carbocycles. The van der Waals surface area contributed by atoms with Crippen molar-refractivity contribution in [3.63, 3.8) is 0 Å². The zero-order valence-electron chi connectivity index (χ0n) is 81.1. The van der Waals surface area contributed by atoms with Gasteiger partial charge in [-0.15, -0.1) is 22.9 Å². The van der Waals surface area contributed by atoms with Crippen LogP contribution in [0.2, 0.25) is 0 Å². The van der Waals surface area contributed by atoms with E-state index >= 15 is 0 Å². The van der Waals surface area contributed by atoms with E-state index in [9.17, 15) is 39.8 Å². The van der Waals surface area contributed by atoms with Gasteiger partial charge >= 0.3 is 6.03 Å². The van der Waals surface area contributed by atoms with E-state index in [0.29, 0.717) is 184 Å². The van der Waals surface area contributed by atoms with Gasteiger partial charge in [0.25, 0.3) is 11.8 Å². The number of nitrogens with one attached hydrogen (secondary N) is 3. The second kappa shape index (κ2) is 49.2. The third-order valence-corrected chi connectivity index (χ3v) is 25.9. The van der Waals surface area contributed by atoms with Gasteiger partial charge in [0, 0.05) is 196 Å². The Bertz CT molecular complexity index is 6430. The van der Waals surface area contributed by atoms with E-state index in [4.69, 9.17) is 76.2 Å². The average molecular weight is 1990 g/mol. The molecular formula is C99H117ClN30O12S. The highest BCUT2D eigenvalue weighted by molar-refractivity contribution is 7.19. The highest BCUT2D eigenvalue weighted by Crippen LogP contribution is 2.40. The molecule has 7 fully saturated rings. The first-order valence-electron chi connectivity index (χ1n) is 47.2. The van der Waals surface area contributed by atoms with Gasteiger partial charge < -0.3 is 105 Å². The highest BCUT2D eigenvalue weighted by Gasteiger charge is 2.32. The van der Waals surface area contributed by atoms with Crippen LogP contribution in [0.15, 0.2) is 140 Å². The average Bonchev–Trinajstić information content (AvgIpc) is 1.65. The van der Waals surface area contributed by atoms with Crippen LogP contribution in [0.4, 0.5) is 57.2 Å². The maximum absolute atomic E-state index is 13.0. The number of fused-ring (bicyclic) bond motifs is 2. The molecule has 0 aliphatic carbocycles. The molecular weight excluding hydrogens is 1870 g/mol. The Balaban J connectivity index is 0.000000141. The van der Waals surface area contributed by atoms with Crippen molar-refractivity contribution in [2.45, 2.75) is 57.7 Å². The van der Waals surface area contributed by atoms with Crippen molar-refractivity contribution < 1.29 is 58.2 Å². The lowest BCUT2D eigenvalue weighted by molar-refractivity contribution is -0.141. The third kappa shape index (κ3) is 27.2. The highest BCUT2D eigenvalue weighted by atomic mass is 35.5. The van der Waals surface area contributed by atoms with E-state index in [1.807, 2.05) is 84.5 Å². The number of aromatic hydroxyl groups is 2. The van der Waals surface area contributed by atoms with E-state index in [0.717, 1.165) is 153 Å². The number of hydrogen-bond donors (Lipinski definition) is 7. The Labute approximate surface area is 836 Å². The van der Waals surface area contributed by atoms with Gasteiger partial charge in [0.2, 0.25) is 23.8 Å². The van der Waals surface area contributed by atoms with E-state index in [-0.39, 0.29) is 41.2 Å². The van der Waals surface area contributed by atoms with E-state index in [1.54, 1.807) is 119 Å². The molecule has 15 heterocycles. The maximum atomic E-state index is 13.0. The molecule has 143 heavy (non-hydrogen) atoms. The molecule has 0 spiro atoms. The number of amides is 5. The minimum atomic E-state index is -0.954. The van der Waals surface area contributed by atoms with Gasteiger partial charge in [0.05, 0.1) is 111 Å². The number of thiophene rings is 1. The van der Waals surface area contributed by atoms with Gasteiger partial charge in [-0.1, -0.05) is 24.3 Å². The lowest BCUT2D eigenvalue weighted by Crippen LogP contribution is -2.50. The molecule has 44 heteroatoms. The number of piperidine rings is 1. The number of phenolic OH excluding ortho intramolecular Hbond substituents is 2. The molecule has 8 N–H and O–H groups in total. The van der Waals surface area contributed by atoms with Crippen LogP contribution < -0.4 is 46.2 Å². The summed E-state index contributed by atoms with van der Waals surface area (Å²) in [6.07, 6.45) is 11.2. The topological polar surface area (TPSA) is 490 Å². The number of aliphatic hydroxyl groups excluding tert-OH is 1. The fraction of sp³-hybridized carbons (Fsp3) is 0.404. The molecule has 5 amide bonds. The number of aryl methyl sites for hydroxylation is 2. The number of nitrogens with two attached hydrogens (primary N) is 1. The number of rotatable bonds is 20. The SMILES string of the molecule is CC(Cl)C(=O)Nc1ccc(C#N)nc1.CN(C)/C=C/c1nc(-c2cccc(O)c2)nc(N2CCOCC2)c1C#N.CN(C)C1CCN(C(=O)c2ccc(NC(=O)Nc3ccc(-c4nc(N5CCOCC5)nc(N5CCOCC5)n4)cc3)cc2)CC1.Cc1c(CN2CCN(C(=O)[C@H](C)O)CC2)sc2c(N3CCOCC3)nc(-c3cnc(N)nc3)nc12.Cn1ncc2c(N3CCOCC3)nc(-c3cccc(O)c3)nc21. The number of benzene rings is 4. The fourth-order valence-corrected chi connectivity index (χ4v) is 17.8. The Morgan fingerprint density at radius 3 is 1.56 bits per heavy atom. The van der Waals surface area contributed by atoms with Crippen molar-refractivity contribution in [1.82, 2.24) is 94.1 Å². The molecule has 42 nitrogen and oxygen atoms in total. The van der Waals surface area contributed by atoms with Crippen LogP contribution in [-0.2, 0) is 46.9 Å². The summed E-state index contributed by atoms with van der Waals surface area (Å²) in [7, 11) is 9.84. The summed E-state index contributed by atoms with van der Waals surface area (Å²) in [5, 5.41) is 60.2. The first-order valence-corrected chi connectivity index (χ1v) is 48.5. The number of piperazine rings is 1. The number of urea groups is 1. The van der Waals surface area contributed by atoms with Crippen LogP contribution in [0.3, 0.4) is 0 Å².